The number of nitrogens with zero attached hydrogens (tertiary/aromatic N) is 2. The summed E-state index contributed by atoms with van der Waals surface area (Å²) in [5.74, 6) is -2.88. The fraction of sp³-hybridized carbons (Fsp3) is 0.333. The first-order chi connectivity index (χ1) is 12.8. The molecule has 2 aromatic heterocycles. The number of nitrogens with one attached hydrogen (secondary N) is 1. The van der Waals surface area contributed by atoms with E-state index in [0.29, 0.717) is 11.2 Å². The summed E-state index contributed by atoms with van der Waals surface area (Å²) in [4.78, 5) is 11.3. The van der Waals surface area contributed by atoms with E-state index in [1.54, 1.807) is 18.2 Å². The Kier molecular flexibility index (Phi) is 4.14. The van der Waals surface area contributed by atoms with E-state index in [1.165, 1.54) is 18.5 Å². The van der Waals surface area contributed by atoms with Crippen LogP contribution >= 0.6 is 0 Å². The number of nitrogen functional groups attached to an aromatic ring is 1. The van der Waals surface area contributed by atoms with Crippen LogP contribution in [0.3, 0.4) is 0 Å². The second-order valence-electron chi connectivity index (χ2n) is 6.80. The number of rotatable bonds is 3. The molecular formula is C18H18F2N4O2S. The lowest BCUT2D eigenvalue weighted by Crippen LogP contribution is -2.24. The summed E-state index contributed by atoms with van der Waals surface area (Å²) in [5.41, 5.74) is 7.13. The van der Waals surface area contributed by atoms with Crippen LogP contribution in [0.25, 0.3) is 11.0 Å². The van der Waals surface area contributed by atoms with E-state index in [4.69, 9.17) is 5.73 Å². The summed E-state index contributed by atoms with van der Waals surface area (Å²) in [6.45, 7) is 0. The van der Waals surface area contributed by atoms with Crippen molar-refractivity contribution in [3.63, 3.8) is 0 Å². The van der Waals surface area contributed by atoms with Crippen LogP contribution in [0.5, 0.6) is 0 Å². The minimum Gasteiger partial charge on any atom is -0.384 e. The molecular weight excluding hydrogens is 374 g/mol. The monoisotopic (exact) mass is 392 g/mol. The fourth-order valence-electron chi connectivity index (χ4n) is 3.63. The van der Waals surface area contributed by atoms with E-state index in [2.05, 4.69) is 15.0 Å². The molecule has 0 spiro atoms. The Morgan fingerprint density at radius 1 is 1.11 bits per heavy atom. The molecule has 0 unspecified atom stereocenters. The van der Waals surface area contributed by atoms with Crippen molar-refractivity contribution in [2.24, 2.45) is 0 Å². The van der Waals surface area contributed by atoms with Gasteiger partial charge < -0.3 is 10.7 Å². The predicted molar refractivity (Wildman–Crippen MR) is 96.4 cm³/mol. The number of nitrogens with two attached hydrogens (primary N) is 1. The number of fused-ring (bicyclic) bond motifs is 1. The summed E-state index contributed by atoms with van der Waals surface area (Å²) in [5, 5.41) is 0. The number of alkyl halides is 2. The van der Waals surface area contributed by atoms with Crippen LogP contribution in [0.1, 0.15) is 37.3 Å². The first kappa shape index (κ1) is 17.8. The van der Waals surface area contributed by atoms with Crippen molar-refractivity contribution in [3.05, 3.63) is 42.4 Å². The van der Waals surface area contributed by atoms with Crippen molar-refractivity contribution >= 4 is 26.7 Å². The van der Waals surface area contributed by atoms with Gasteiger partial charge in [0, 0.05) is 18.8 Å². The van der Waals surface area contributed by atoms with Gasteiger partial charge in [0.15, 0.2) is 0 Å². The Hall–Kier alpha value is -2.55. The summed E-state index contributed by atoms with van der Waals surface area (Å²) in [7, 11) is -3.89. The standard InChI is InChI=1S/C18H18F2N4O2S/c19-18(20)8-6-11(7-9-18)13-14-15(23-10-22-13)16(17(21)24-14)27(25,26)12-4-2-1-3-5-12/h1-5,10-11,24H,6-9,21H2. The zero-order valence-corrected chi connectivity index (χ0v) is 15.1. The summed E-state index contributed by atoms with van der Waals surface area (Å²) in [6.07, 6.45) is 1.39. The number of hydrogen-bond acceptors (Lipinski definition) is 5. The second kappa shape index (κ2) is 6.26. The SMILES string of the molecule is Nc1[nH]c2c(C3CCC(F)(F)CC3)ncnc2c1S(=O)(=O)c1ccccc1. The van der Waals surface area contributed by atoms with Crippen LogP contribution in [0, 0.1) is 0 Å². The lowest BCUT2D eigenvalue weighted by Gasteiger charge is -2.27. The van der Waals surface area contributed by atoms with Crippen LogP contribution in [0.15, 0.2) is 46.5 Å². The zero-order chi connectivity index (χ0) is 19.2. The molecule has 0 aliphatic heterocycles. The molecule has 9 heteroatoms. The molecule has 3 aromatic rings. The van der Waals surface area contributed by atoms with Gasteiger partial charge in [0.1, 0.15) is 22.6 Å². The van der Waals surface area contributed by atoms with E-state index in [9.17, 15) is 17.2 Å². The maximum atomic E-state index is 13.5. The third-order valence-corrected chi connectivity index (χ3v) is 6.87. The molecule has 1 fully saturated rings. The average Bonchev–Trinajstić information content (AvgIpc) is 2.99. The van der Waals surface area contributed by atoms with Crippen molar-refractivity contribution in [2.75, 3.05) is 5.73 Å². The average molecular weight is 392 g/mol. The van der Waals surface area contributed by atoms with Gasteiger partial charge in [0.2, 0.25) is 15.8 Å². The van der Waals surface area contributed by atoms with Gasteiger partial charge in [0.25, 0.3) is 0 Å². The Balaban J connectivity index is 1.83. The topological polar surface area (TPSA) is 102 Å². The van der Waals surface area contributed by atoms with Crippen molar-refractivity contribution in [3.8, 4) is 0 Å². The molecule has 3 N–H and O–H groups in total. The highest BCUT2D eigenvalue weighted by atomic mass is 32.2. The quantitative estimate of drug-likeness (QED) is 0.708. The Bertz CT molecular complexity index is 1090. The highest BCUT2D eigenvalue weighted by molar-refractivity contribution is 7.92. The van der Waals surface area contributed by atoms with Gasteiger partial charge in [-0.05, 0) is 25.0 Å². The fourth-order valence-corrected chi connectivity index (χ4v) is 5.13. The third-order valence-electron chi connectivity index (χ3n) is 5.02. The summed E-state index contributed by atoms with van der Waals surface area (Å²) >= 11 is 0. The van der Waals surface area contributed by atoms with Crippen LogP contribution < -0.4 is 5.73 Å². The largest absolute Gasteiger partial charge is 0.384 e. The number of sulfone groups is 1. The Labute approximate surface area is 154 Å². The molecule has 0 amide bonds. The highest BCUT2D eigenvalue weighted by Crippen LogP contribution is 2.43. The molecule has 0 radical (unpaired) electrons. The van der Waals surface area contributed by atoms with Crippen LogP contribution in [-0.2, 0) is 9.84 Å². The summed E-state index contributed by atoms with van der Waals surface area (Å²) in [6, 6.07) is 7.94. The second-order valence-corrected chi connectivity index (χ2v) is 8.68. The van der Waals surface area contributed by atoms with Crippen LogP contribution in [-0.4, -0.2) is 29.3 Å². The molecule has 1 aromatic carbocycles. The lowest BCUT2D eigenvalue weighted by molar-refractivity contribution is -0.0384. The normalized spacial score (nSPS) is 18.0. The van der Waals surface area contributed by atoms with Crippen LogP contribution in [0.4, 0.5) is 14.6 Å². The van der Waals surface area contributed by atoms with Gasteiger partial charge in [-0.1, -0.05) is 18.2 Å². The van der Waals surface area contributed by atoms with Gasteiger partial charge >= 0.3 is 0 Å². The van der Waals surface area contributed by atoms with Crippen molar-refractivity contribution in [1.82, 2.24) is 15.0 Å². The number of halogens is 2. The molecule has 1 aliphatic carbocycles. The minimum absolute atomic E-state index is 0.0308. The molecule has 1 saturated carbocycles. The van der Waals surface area contributed by atoms with E-state index >= 15 is 0 Å². The van der Waals surface area contributed by atoms with E-state index in [-0.39, 0.29) is 52.7 Å². The van der Waals surface area contributed by atoms with E-state index in [1.807, 2.05) is 0 Å². The Morgan fingerprint density at radius 3 is 2.44 bits per heavy atom. The molecule has 142 valence electrons. The molecule has 2 heterocycles. The number of H-pyrrole nitrogens is 1. The predicted octanol–water partition coefficient (Wildman–Crippen LogP) is 3.67. The number of aromatic amines is 1. The molecule has 6 nitrogen and oxygen atoms in total. The molecule has 0 bridgehead atoms. The molecule has 1 aliphatic rings. The maximum Gasteiger partial charge on any atom is 0.248 e. The van der Waals surface area contributed by atoms with Crippen molar-refractivity contribution in [1.29, 1.82) is 0 Å². The molecule has 4 rings (SSSR count). The van der Waals surface area contributed by atoms with Gasteiger partial charge in [-0.15, -0.1) is 0 Å². The maximum absolute atomic E-state index is 13.5. The molecule has 27 heavy (non-hydrogen) atoms. The molecule has 0 saturated heterocycles. The van der Waals surface area contributed by atoms with E-state index in [0.717, 1.165) is 0 Å². The number of hydrogen-bond donors (Lipinski definition) is 2. The lowest BCUT2D eigenvalue weighted by atomic mass is 9.84. The van der Waals surface area contributed by atoms with Gasteiger partial charge in [-0.25, -0.2) is 27.2 Å². The van der Waals surface area contributed by atoms with E-state index < -0.39 is 15.8 Å². The van der Waals surface area contributed by atoms with Gasteiger partial charge in [-0.3, -0.25) is 0 Å². The van der Waals surface area contributed by atoms with Gasteiger partial charge in [-0.2, -0.15) is 0 Å². The smallest absolute Gasteiger partial charge is 0.248 e. The third kappa shape index (κ3) is 3.05. The van der Waals surface area contributed by atoms with Crippen molar-refractivity contribution < 1.29 is 17.2 Å². The number of benzene rings is 1. The number of anilines is 1. The molecule has 0 atom stereocenters. The summed E-state index contributed by atoms with van der Waals surface area (Å²) < 4.78 is 53.0. The number of aromatic nitrogens is 3. The minimum atomic E-state index is -3.89. The highest BCUT2D eigenvalue weighted by Gasteiger charge is 2.37. The van der Waals surface area contributed by atoms with Gasteiger partial charge in [0.05, 0.1) is 16.1 Å². The first-order valence-electron chi connectivity index (χ1n) is 8.59. The van der Waals surface area contributed by atoms with Crippen molar-refractivity contribution in [2.45, 2.75) is 47.3 Å². The van der Waals surface area contributed by atoms with Crippen LogP contribution in [0.2, 0.25) is 0 Å². The first-order valence-corrected chi connectivity index (χ1v) is 10.1. The zero-order valence-electron chi connectivity index (χ0n) is 14.3. The Morgan fingerprint density at radius 2 is 1.78 bits per heavy atom.